The number of carbonyl (C=O) groups is 2. The number of hydrogen-bond donors (Lipinski definition) is 5. The molecule has 136 valence electrons. The highest BCUT2D eigenvalue weighted by atomic mass is 16.5. The van der Waals surface area contributed by atoms with Crippen molar-refractivity contribution >= 4 is 29.9 Å². The smallest absolute Gasteiger partial charge is 0.269 e. The number of nitrogens with two attached hydrogens (primary N) is 1. The van der Waals surface area contributed by atoms with E-state index in [1.807, 2.05) is 13.8 Å². The molecule has 1 aromatic rings. The molecule has 0 aromatic carbocycles. The van der Waals surface area contributed by atoms with Crippen molar-refractivity contribution in [3.8, 4) is 0 Å². The van der Waals surface area contributed by atoms with Gasteiger partial charge in [-0.2, -0.15) is 4.98 Å². The van der Waals surface area contributed by atoms with Gasteiger partial charge >= 0.3 is 0 Å². The summed E-state index contributed by atoms with van der Waals surface area (Å²) in [5.41, 5.74) is 5.58. The maximum absolute atomic E-state index is 12.1. The first kappa shape index (κ1) is 17.2. The maximum atomic E-state index is 12.1. The Morgan fingerprint density at radius 3 is 3.08 bits per heavy atom. The van der Waals surface area contributed by atoms with Crippen molar-refractivity contribution in [1.29, 1.82) is 0 Å². The van der Waals surface area contributed by atoms with Crippen molar-refractivity contribution < 1.29 is 14.3 Å². The molecule has 2 aliphatic heterocycles. The Balaban J connectivity index is 1.76. The lowest BCUT2D eigenvalue weighted by Gasteiger charge is -2.25. The number of ether oxygens (including phenoxy) is 1. The van der Waals surface area contributed by atoms with Crippen LogP contribution in [0.2, 0.25) is 0 Å². The average molecular weight is 350 g/mol. The van der Waals surface area contributed by atoms with Gasteiger partial charge in [-0.1, -0.05) is 0 Å². The average Bonchev–Trinajstić information content (AvgIpc) is 3.16. The topological polar surface area (TPSA) is 150 Å². The fourth-order valence-electron chi connectivity index (χ4n) is 2.73. The highest BCUT2D eigenvalue weighted by Crippen LogP contribution is 2.24. The van der Waals surface area contributed by atoms with E-state index in [0.717, 1.165) is 0 Å². The van der Waals surface area contributed by atoms with E-state index in [4.69, 9.17) is 10.5 Å². The summed E-state index contributed by atoms with van der Waals surface area (Å²) in [5.74, 6) is -0.130. The van der Waals surface area contributed by atoms with Gasteiger partial charge in [-0.15, -0.1) is 0 Å². The molecule has 2 atom stereocenters. The fraction of sp³-hybridized carbons (Fsp3) is 0.571. The molecule has 2 amide bonds. The van der Waals surface area contributed by atoms with E-state index in [1.54, 1.807) is 4.90 Å². The van der Waals surface area contributed by atoms with Crippen LogP contribution in [-0.4, -0.2) is 66.3 Å². The zero-order chi connectivity index (χ0) is 18.0. The molecule has 0 bridgehead atoms. The summed E-state index contributed by atoms with van der Waals surface area (Å²) in [6, 6.07) is -0.547. The fourth-order valence-corrected chi connectivity index (χ4v) is 2.73. The van der Waals surface area contributed by atoms with Gasteiger partial charge in [0.2, 0.25) is 5.95 Å². The summed E-state index contributed by atoms with van der Waals surface area (Å²) >= 11 is 0. The predicted octanol–water partition coefficient (Wildman–Crippen LogP) is -1.43. The number of aliphatic imine (C=N–C) groups is 1. The minimum Gasteiger partial charge on any atom is -0.377 e. The van der Waals surface area contributed by atoms with Gasteiger partial charge in [0.1, 0.15) is 17.9 Å². The monoisotopic (exact) mass is 350 g/mol. The second-order valence-corrected chi connectivity index (χ2v) is 6.00. The Kier molecular flexibility index (Phi) is 4.86. The molecule has 11 heteroatoms. The van der Waals surface area contributed by atoms with Crippen LogP contribution in [0.4, 0.5) is 11.8 Å². The van der Waals surface area contributed by atoms with Crippen molar-refractivity contribution in [2.45, 2.75) is 32.2 Å². The van der Waals surface area contributed by atoms with Crippen LogP contribution in [0.5, 0.6) is 0 Å². The molecule has 1 aromatic heterocycles. The van der Waals surface area contributed by atoms with Crippen LogP contribution in [0.3, 0.4) is 0 Å². The molecule has 6 N–H and O–H groups in total. The zero-order valence-corrected chi connectivity index (χ0v) is 14.1. The van der Waals surface area contributed by atoms with Gasteiger partial charge in [0.15, 0.2) is 5.82 Å². The van der Waals surface area contributed by atoms with E-state index in [-0.39, 0.29) is 23.9 Å². The Morgan fingerprint density at radius 1 is 1.56 bits per heavy atom. The lowest BCUT2D eigenvalue weighted by atomic mass is 10.2. The number of hydrogen-bond acceptors (Lipinski definition) is 8. The van der Waals surface area contributed by atoms with E-state index in [1.165, 1.54) is 6.34 Å². The highest BCUT2D eigenvalue weighted by Gasteiger charge is 2.42. The molecule has 2 unspecified atom stereocenters. The number of nitrogens with one attached hydrogen (secondary N) is 4. The van der Waals surface area contributed by atoms with Gasteiger partial charge in [0, 0.05) is 6.54 Å². The Morgan fingerprint density at radius 2 is 2.36 bits per heavy atom. The van der Waals surface area contributed by atoms with E-state index < -0.39 is 11.9 Å². The third-order valence-corrected chi connectivity index (χ3v) is 3.87. The summed E-state index contributed by atoms with van der Waals surface area (Å²) in [6.07, 6.45) is 1.13. The van der Waals surface area contributed by atoms with Crippen molar-refractivity contribution in [3.63, 3.8) is 0 Å². The van der Waals surface area contributed by atoms with Gasteiger partial charge in [0.25, 0.3) is 11.8 Å². The molecule has 0 saturated carbocycles. The van der Waals surface area contributed by atoms with Crippen molar-refractivity contribution in [2.75, 3.05) is 30.0 Å². The molecule has 2 aliphatic rings. The number of carbonyl (C=O) groups excluding carboxylic acids is 2. The first-order chi connectivity index (χ1) is 12.0. The molecular weight excluding hydrogens is 328 g/mol. The number of anilines is 2. The predicted molar refractivity (Wildman–Crippen MR) is 91.4 cm³/mol. The lowest BCUT2D eigenvalue weighted by molar-refractivity contribution is -0.121. The number of imidazole rings is 1. The van der Waals surface area contributed by atoms with Gasteiger partial charge < -0.3 is 31.0 Å². The molecule has 3 heterocycles. The summed E-state index contributed by atoms with van der Waals surface area (Å²) < 4.78 is 5.45. The van der Waals surface area contributed by atoms with Crippen LogP contribution in [0.15, 0.2) is 4.99 Å². The number of H-pyrrole nitrogens is 1. The van der Waals surface area contributed by atoms with Crippen LogP contribution in [0.25, 0.3) is 0 Å². The Labute approximate surface area is 144 Å². The van der Waals surface area contributed by atoms with Crippen LogP contribution in [0.1, 0.15) is 24.3 Å². The molecule has 11 nitrogen and oxygen atoms in total. The van der Waals surface area contributed by atoms with Crippen LogP contribution in [0, 0.1) is 0 Å². The van der Waals surface area contributed by atoms with Gasteiger partial charge in [-0.05, 0) is 13.8 Å². The van der Waals surface area contributed by atoms with E-state index in [9.17, 15) is 9.59 Å². The Hall–Kier alpha value is -2.66. The van der Waals surface area contributed by atoms with Gasteiger partial charge in [-0.25, -0.2) is 0 Å². The molecular formula is C14H22N8O3. The van der Waals surface area contributed by atoms with Gasteiger partial charge in [0.05, 0.1) is 25.7 Å². The number of primary amides is 1. The molecule has 1 saturated heterocycles. The molecule has 3 rings (SSSR count). The van der Waals surface area contributed by atoms with Crippen molar-refractivity contribution in [1.82, 2.24) is 20.6 Å². The van der Waals surface area contributed by atoms with E-state index >= 15 is 0 Å². The van der Waals surface area contributed by atoms with Crippen LogP contribution < -0.4 is 26.6 Å². The number of amides is 2. The quantitative estimate of drug-likeness (QED) is 0.378. The van der Waals surface area contributed by atoms with Crippen molar-refractivity contribution in [3.05, 3.63) is 5.69 Å². The highest BCUT2D eigenvalue weighted by molar-refractivity contribution is 5.98. The van der Waals surface area contributed by atoms with Gasteiger partial charge in [-0.3, -0.25) is 19.9 Å². The van der Waals surface area contributed by atoms with E-state index in [2.05, 4.69) is 30.9 Å². The number of rotatable bonds is 7. The van der Waals surface area contributed by atoms with Crippen molar-refractivity contribution in [2.24, 2.45) is 10.7 Å². The SMILES string of the molecule is CC(C)OCCNc1nc(N2CNC3N=CNC(=O)C32)[nH]c1C(N)=O. The summed E-state index contributed by atoms with van der Waals surface area (Å²) in [4.78, 5) is 37.0. The third-order valence-electron chi connectivity index (χ3n) is 3.87. The zero-order valence-electron chi connectivity index (χ0n) is 14.1. The lowest BCUT2D eigenvalue weighted by Crippen LogP contribution is -2.51. The number of nitrogens with zero attached hydrogens (tertiary/aromatic N) is 3. The molecule has 25 heavy (non-hydrogen) atoms. The summed E-state index contributed by atoms with van der Waals surface area (Å²) in [5, 5.41) is 8.71. The molecule has 0 aliphatic carbocycles. The van der Waals surface area contributed by atoms with Crippen LogP contribution in [-0.2, 0) is 9.53 Å². The number of aromatic nitrogens is 2. The first-order valence-electron chi connectivity index (χ1n) is 8.04. The molecule has 0 spiro atoms. The molecule has 1 fully saturated rings. The molecule has 0 radical (unpaired) electrons. The largest absolute Gasteiger partial charge is 0.377 e. The second-order valence-electron chi connectivity index (χ2n) is 6.00. The summed E-state index contributed by atoms with van der Waals surface area (Å²) in [6.45, 7) is 5.18. The standard InChI is InChI=1S/C14H22N8O3/c1-7(2)25-4-3-16-11-8(10(15)23)20-14(21-11)22-6-19-12-9(22)13(24)18-5-17-12/h5,7,9,12,16,19H,3-4,6H2,1-2H3,(H2,15,23)(H,20,21)(H,17,18,24). The van der Waals surface area contributed by atoms with E-state index in [0.29, 0.717) is 31.6 Å². The number of fused-ring (bicyclic) bond motifs is 1. The number of aromatic amines is 1. The minimum absolute atomic E-state index is 0.116. The maximum Gasteiger partial charge on any atom is 0.269 e. The minimum atomic E-state index is -0.638. The first-order valence-corrected chi connectivity index (χ1v) is 8.04. The third kappa shape index (κ3) is 3.56. The second kappa shape index (κ2) is 7.07. The van der Waals surface area contributed by atoms with Crippen LogP contribution >= 0.6 is 0 Å². The normalized spacial score (nSPS) is 22.2. The Bertz CT molecular complexity index is 686. The summed E-state index contributed by atoms with van der Waals surface area (Å²) in [7, 11) is 0.